The van der Waals surface area contributed by atoms with Crippen molar-refractivity contribution in [3.8, 4) is 0 Å². The molecule has 2 aliphatic rings. The molecule has 1 heteroatoms. The Bertz CT molecular complexity index is 428. The summed E-state index contributed by atoms with van der Waals surface area (Å²) < 4.78 is 3.31. The Morgan fingerprint density at radius 3 is 1.35 bits per heavy atom. The third-order valence-corrected chi connectivity index (χ3v) is 7.85. The molecule has 0 aromatic rings. The first-order chi connectivity index (χ1) is 7.91. The van der Waals surface area contributed by atoms with Gasteiger partial charge in [-0.1, -0.05) is 0 Å². The van der Waals surface area contributed by atoms with Gasteiger partial charge in [-0.3, -0.25) is 0 Å². The Morgan fingerprint density at radius 2 is 1.12 bits per heavy atom. The van der Waals surface area contributed by atoms with E-state index in [0.717, 1.165) is 0 Å². The Hall–Kier alpha value is -0.352. The first-order valence-electron chi connectivity index (χ1n) is 6.29. The molecule has 0 saturated heterocycles. The van der Waals surface area contributed by atoms with Gasteiger partial charge in [-0.15, -0.1) is 0 Å². The third kappa shape index (κ3) is 2.29. The fraction of sp³-hybridized carbons (Fsp3) is 0.500. The maximum absolute atomic E-state index is 2.49. The molecule has 0 nitrogen and oxygen atoms in total. The Kier molecular flexibility index (Phi) is 3.64. The summed E-state index contributed by atoms with van der Waals surface area (Å²) >= 11 is 0.0240. The molecule has 2 atom stereocenters. The van der Waals surface area contributed by atoms with Gasteiger partial charge < -0.3 is 0 Å². The fourth-order valence-electron chi connectivity index (χ4n) is 2.21. The van der Waals surface area contributed by atoms with Gasteiger partial charge in [0.25, 0.3) is 0 Å². The zero-order valence-corrected chi connectivity index (χ0v) is 13.9. The molecule has 96 valence electrons. The summed E-state index contributed by atoms with van der Waals surface area (Å²) in [5.41, 5.74) is 6.28. The second kappa shape index (κ2) is 4.73. The minimum atomic E-state index is 0.0240. The third-order valence-electron chi connectivity index (χ3n) is 4.16. The monoisotopic (exact) mass is 409 g/mol. The van der Waals surface area contributed by atoms with Crippen molar-refractivity contribution in [3.05, 3.63) is 42.4 Å². The Morgan fingerprint density at radius 1 is 0.765 bits per heavy atom. The van der Waals surface area contributed by atoms with Crippen molar-refractivity contribution >= 4 is 0 Å². The molecule has 0 fully saturated rings. The summed E-state index contributed by atoms with van der Waals surface area (Å²) in [6.45, 7) is 13.8. The quantitative estimate of drug-likeness (QED) is 0.614. The van der Waals surface area contributed by atoms with Gasteiger partial charge in [0, 0.05) is 0 Å². The molecular weight excluding hydrogens is 387 g/mol. The van der Waals surface area contributed by atoms with E-state index in [9.17, 15) is 0 Å². The van der Waals surface area contributed by atoms with E-state index in [1.807, 2.05) is 0 Å². The van der Waals surface area contributed by atoms with Crippen LogP contribution in [0, 0.1) is 11.8 Å². The summed E-state index contributed by atoms with van der Waals surface area (Å²) in [7, 11) is 0. The van der Waals surface area contributed by atoms with Gasteiger partial charge in [-0.25, -0.2) is 0 Å². The normalized spacial score (nSPS) is 29.3. The average Bonchev–Trinajstić information content (AvgIpc) is 2.66. The predicted octanol–water partition coefficient (Wildman–Crippen LogP) is 4.81. The van der Waals surface area contributed by atoms with Crippen molar-refractivity contribution in [2.45, 2.75) is 41.5 Å². The first kappa shape index (κ1) is 13.1. The maximum atomic E-state index is 2.49. The van der Waals surface area contributed by atoms with Crippen molar-refractivity contribution in [2.75, 3.05) is 0 Å². The Balaban J connectivity index is 2.21. The van der Waals surface area contributed by atoms with Gasteiger partial charge in [0.2, 0.25) is 0 Å². The molecule has 2 rings (SSSR count). The van der Waals surface area contributed by atoms with Crippen LogP contribution in [-0.2, 0) is 18.6 Å². The molecule has 0 N–H and O–H groups in total. The van der Waals surface area contributed by atoms with Gasteiger partial charge in [-0.05, 0) is 0 Å². The molecule has 0 radical (unpaired) electrons. The van der Waals surface area contributed by atoms with E-state index in [4.69, 9.17) is 0 Å². The molecule has 0 aromatic heterocycles. The fourth-order valence-corrected chi connectivity index (χ4v) is 6.13. The van der Waals surface area contributed by atoms with E-state index < -0.39 is 0 Å². The summed E-state index contributed by atoms with van der Waals surface area (Å²) in [6.07, 6.45) is 4.98. The van der Waals surface area contributed by atoms with Crippen molar-refractivity contribution in [2.24, 2.45) is 11.8 Å². The van der Waals surface area contributed by atoms with Crippen molar-refractivity contribution in [1.29, 1.82) is 0 Å². The number of rotatable bonds is 2. The molecule has 0 spiro atoms. The number of hydrogen-bond donors (Lipinski definition) is 0. The van der Waals surface area contributed by atoms with Crippen LogP contribution in [0.2, 0.25) is 0 Å². The van der Waals surface area contributed by atoms with Crippen LogP contribution in [0.4, 0.5) is 0 Å². The second-order valence-corrected chi connectivity index (χ2v) is 8.25. The molecule has 2 unspecified atom stereocenters. The first-order valence-corrected chi connectivity index (χ1v) is 8.56. The summed E-state index contributed by atoms with van der Waals surface area (Å²) in [5, 5.41) is 0. The molecule has 17 heavy (non-hydrogen) atoms. The van der Waals surface area contributed by atoms with Gasteiger partial charge in [0.05, 0.1) is 0 Å². The van der Waals surface area contributed by atoms with Crippen LogP contribution >= 0.6 is 0 Å². The van der Waals surface area contributed by atoms with Gasteiger partial charge in [0.15, 0.2) is 0 Å². The van der Waals surface area contributed by atoms with Crippen molar-refractivity contribution in [3.63, 3.8) is 0 Å². The van der Waals surface area contributed by atoms with Crippen LogP contribution in [0.25, 0.3) is 0 Å². The van der Waals surface area contributed by atoms with Gasteiger partial charge in [0.1, 0.15) is 0 Å². The Labute approximate surface area is 114 Å². The zero-order valence-electron chi connectivity index (χ0n) is 11.6. The molecule has 0 bridgehead atoms. The van der Waals surface area contributed by atoms with Gasteiger partial charge in [-0.2, -0.15) is 0 Å². The summed E-state index contributed by atoms with van der Waals surface area (Å²) in [4.78, 5) is 0. The van der Waals surface area contributed by atoms with Gasteiger partial charge >= 0.3 is 114 Å². The van der Waals surface area contributed by atoms with E-state index in [2.05, 4.69) is 53.7 Å². The van der Waals surface area contributed by atoms with Crippen molar-refractivity contribution in [1.82, 2.24) is 0 Å². The predicted molar refractivity (Wildman–Crippen MR) is 71.2 cm³/mol. The van der Waals surface area contributed by atoms with E-state index in [-0.39, 0.29) is 18.6 Å². The minimum absolute atomic E-state index is 0.0240. The van der Waals surface area contributed by atoms with Crippen LogP contribution in [0.3, 0.4) is 0 Å². The van der Waals surface area contributed by atoms with E-state index >= 15 is 0 Å². The van der Waals surface area contributed by atoms with Crippen LogP contribution < -0.4 is 0 Å². The molecule has 0 saturated carbocycles. The molecule has 0 aromatic carbocycles. The number of hydrogen-bond acceptors (Lipinski definition) is 0. The molecule has 2 aliphatic carbocycles. The van der Waals surface area contributed by atoms with E-state index in [0.29, 0.717) is 11.8 Å². The molecule has 0 heterocycles. The second-order valence-electron chi connectivity index (χ2n) is 5.24. The van der Waals surface area contributed by atoms with Crippen LogP contribution in [0.15, 0.2) is 42.4 Å². The van der Waals surface area contributed by atoms with E-state index in [1.165, 1.54) is 0 Å². The topological polar surface area (TPSA) is 0 Å². The van der Waals surface area contributed by atoms with Crippen LogP contribution in [0.1, 0.15) is 41.5 Å². The van der Waals surface area contributed by atoms with Crippen molar-refractivity contribution < 1.29 is 18.6 Å². The molecular formula is C16H22Pt. The standard InChI is InChI=1S/2C8H11.Pt/c2*1-6-4-5-7(2)8(6)3;/h2*4,6H,1-3H3;. The zero-order chi connectivity index (χ0) is 12.7. The summed E-state index contributed by atoms with van der Waals surface area (Å²) in [5.74, 6) is 1.32. The molecule has 0 amide bonds. The average molecular weight is 409 g/mol. The molecule has 0 aliphatic heterocycles. The van der Waals surface area contributed by atoms with Crippen LogP contribution in [0.5, 0.6) is 0 Å². The SMILES string of the molecule is CC1=C(C)C(C)C=[C]1[Pt][C]1=CC(C)C(C)=C1C. The summed E-state index contributed by atoms with van der Waals surface area (Å²) in [6, 6.07) is 0. The van der Waals surface area contributed by atoms with E-state index in [1.54, 1.807) is 30.2 Å². The van der Waals surface area contributed by atoms with Crippen LogP contribution in [-0.4, -0.2) is 0 Å². The number of allylic oxidation sites excluding steroid dienone is 8.